The number of benzene rings is 2. The number of nitrogens with one attached hydrogen (secondary N) is 1. The molecule has 0 atom stereocenters. The first-order valence-electron chi connectivity index (χ1n) is 5.92. The predicted molar refractivity (Wildman–Crippen MR) is 75.9 cm³/mol. The lowest BCUT2D eigenvalue weighted by Gasteiger charge is -2.12. The third-order valence-corrected chi connectivity index (χ3v) is 2.99. The molecule has 3 heteroatoms. The summed E-state index contributed by atoms with van der Waals surface area (Å²) in [6, 6.07) is 13.9. The van der Waals surface area contributed by atoms with Gasteiger partial charge in [0.05, 0.1) is 18.5 Å². The van der Waals surface area contributed by atoms with Gasteiger partial charge in [-0.05, 0) is 30.2 Å². The molecule has 2 aromatic rings. The number of nitrogen functional groups attached to an aromatic ring is 1. The van der Waals surface area contributed by atoms with Crippen molar-refractivity contribution >= 4 is 11.4 Å². The lowest BCUT2D eigenvalue weighted by atomic mass is 10.1. The number of ether oxygens (including phenoxy) is 1. The summed E-state index contributed by atoms with van der Waals surface area (Å²) in [5.74, 6) is 0.802. The lowest BCUT2D eigenvalue weighted by Crippen LogP contribution is -2.04. The highest BCUT2D eigenvalue weighted by Crippen LogP contribution is 2.25. The van der Waals surface area contributed by atoms with E-state index in [1.807, 2.05) is 30.3 Å². The van der Waals surface area contributed by atoms with Crippen LogP contribution in [0.3, 0.4) is 0 Å². The van der Waals surface area contributed by atoms with E-state index in [9.17, 15) is 0 Å². The van der Waals surface area contributed by atoms with Crippen LogP contribution in [-0.4, -0.2) is 7.11 Å². The molecule has 0 spiro atoms. The maximum atomic E-state index is 5.93. The van der Waals surface area contributed by atoms with Crippen LogP contribution in [-0.2, 0) is 6.54 Å². The van der Waals surface area contributed by atoms with Crippen molar-refractivity contribution in [2.75, 3.05) is 18.2 Å². The molecular formula is C15H18N2O. The zero-order chi connectivity index (χ0) is 13.0. The van der Waals surface area contributed by atoms with Crippen molar-refractivity contribution in [2.24, 2.45) is 0 Å². The van der Waals surface area contributed by atoms with Crippen molar-refractivity contribution in [2.45, 2.75) is 13.5 Å². The summed E-state index contributed by atoms with van der Waals surface area (Å²) in [5, 5.41) is 3.34. The summed E-state index contributed by atoms with van der Waals surface area (Å²) in [6.07, 6.45) is 0. The normalized spacial score (nSPS) is 10.1. The number of hydrogen-bond donors (Lipinski definition) is 2. The van der Waals surface area contributed by atoms with E-state index in [-0.39, 0.29) is 0 Å². The third kappa shape index (κ3) is 2.74. The van der Waals surface area contributed by atoms with E-state index >= 15 is 0 Å². The minimum atomic E-state index is 0.726. The molecule has 0 aromatic heterocycles. The van der Waals surface area contributed by atoms with Gasteiger partial charge in [-0.3, -0.25) is 0 Å². The number of hydrogen-bond acceptors (Lipinski definition) is 3. The van der Waals surface area contributed by atoms with Crippen molar-refractivity contribution in [3.63, 3.8) is 0 Å². The van der Waals surface area contributed by atoms with Gasteiger partial charge in [-0.2, -0.15) is 0 Å². The Hall–Kier alpha value is -2.16. The molecule has 0 heterocycles. The highest BCUT2D eigenvalue weighted by atomic mass is 16.5. The van der Waals surface area contributed by atoms with E-state index in [2.05, 4.69) is 24.4 Å². The second-order valence-electron chi connectivity index (χ2n) is 4.23. The molecule has 0 aliphatic heterocycles. The number of aryl methyl sites for hydroxylation is 1. The number of rotatable bonds is 4. The zero-order valence-electron chi connectivity index (χ0n) is 10.7. The largest absolute Gasteiger partial charge is 0.497 e. The van der Waals surface area contributed by atoms with E-state index < -0.39 is 0 Å². The quantitative estimate of drug-likeness (QED) is 0.809. The maximum Gasteiger partial charge on any atom is 0.121 e. The fraction of sp³-hybridized carbons (Fsp3) is 0.200. The van der Waals surface area contributed by atoms with Crippen LogP contribution in [0.25, 0.3) is 0 Å². The van der Waals surface area contributed by atoms with Crippen LogP contribution in [0.1, 0.15) is 11.1 Å². The first kappa shape index (κ1) is 12.3. The molecule has 2 rings (SSSR count). The summed E-state index contributed by atoms with van der Waals surface area (Å²) in [4.78, 5) is 0. The summed E-state index contributed by atoms with van der Waals surface area (Å²) >= 11 is 0. The molecule has 0 aliphatic carbocycles. The average Bonchev–Trinajstić information content (AvgIpc) is 2.39. The minimum absolute atomic E-state index is 0.726. The van der Waals surface area contributed by atoms with Gasteiger partial charge in [-0.1, -0.05) is 24.3 Å². The standard InChI is InChI=1S/C15H18N2O/c1-11-5-3-4-6-12(11)10-17-15-9-13(18-2)7-8-14(15)16/h3-9,17H,10,16H2,1-2H3. The molecule has 3 nitrogen and oxygen atoms in total. The monoisotopic (exact) mass is 242 g/mol. The fourth-order valence-corrected chi connectivity index (χ4v) is 1.81. The van der Waals surface area contributed by atoms with E-state index in [0.29, 0.717) is 0 Å². The zero-order valence-corrected chi connectivity index (χ0v) is 10.7. The Bertz CT molecular complexity index is 538. The van der Waals surface area contributed by atoms with Gasteiger partial charge in [0, 0.05) is 12.6 Å². The van der Waals surface area contributed by atoms with Crippen molar-refractivity contribution in [1.29, 1.82) is 0 Å². The number of nitrogens with two attached hydrogens (primary N) is 1. The first-order chi connectivity index (χ1) is 8.70. The Morgan fingerprint density at radius 1 is 1.17 bits per heavy atom. The summed E-state index contributed by atoms with van der Waals surface area (Å²) in [6.45, 7) is 2.86. The van der Waals surface area contributed by atoms with Gasteiger partial charge in [0.15, 0.2) is 0 Å². The van der Waals surface area contributed by atoms with E-state index in [1.54, 1.807) is 7.11 Å². The van der Waals surface area contributed by atoms with Gasteiger partial charge in [-0.25, -0.2) is 0 Å². The highest BCUT2D eigenvalue weighted by molar-refractivity contribution is 5.68. The summed E-state index contributed by atoms with van der Waals surface area (Å²) in [5.41, 5.74) is 10.1. The van der Waals surface area contributed by atoms with Crippen LogP contribution in [0.5, 0.6) is 5.75 Å². The van der Waals surface area contributed by atoms with Crippen LogP contribution in [0.4, 0.5) is 11.4 Å². The van der Waals surface area contributed by atoms with Crippen molar-refractivity contribution < 1.29 is 4.74 Å². The Morgan fingerprint density at radius 2 is 1.94 bits per heavy atom. The summed E-state index contributed by atoms with van der Waals surface area (Å²) in [7, 11) is 1.65. The third-order valence-electron chi connectivity index (χ3n) is 2.99. The van der Waals surface area contributed by atoms with E-state index in [0.717, 1.165) is 23.7 Å². The predicted octanol–water partition coefficient (Wildman–Crippen LogP) is 3.20. The van der Waals surface area contributed by atoms with E-state index in [4.69, 9.17) is 10.5 Å². The average molecular weight is 242 g/mol. The Balaban J connectivity index is 2.13. The number of methoxy groups -OCH3 is 1. The second-order valence-corrected chi connectivity index (χ2v) is 4.23. The Morgan fingerprint density at radius 3 is 2.67 bits per heavy atom. The lowest BCUT2D eigenvalue weighted by molar-refractivity contribution is 0.415. The van der Waals surface area contributed by atoms with Crippen LogP contribution in [0.15, 0.2) is 42.5 Å². The molecule has 0 radical (unpaired) electrons. The Labute approximate surface area is 108 Å². The van der Waals surface area contributed by atoms with Crippen LogP contribution >= 0.6 is 0 Å². The fourth-order valence-electron chi connectivity index (χ4n) is 1.81. The molecule has 18 heavy (non-hydrogen) atoms. The smallest absolute Gasteiger partial charge is 0.121 e. The molecule has 3 N–H and O–H groups in total. The van der Waals surface area contributed by atoms with Crippen molar-refractivity contribution in [3.05, 3.63) is 53.6 Å². The van der Waals surface area contributed by atoms with Gasteiger partial charge < -0.3 is 15.8 Å². The molecule has 94 valence electrons. The number of anilines is 2. The Kier molecular flexibility index (Phi) is 3.72. The molecule has 0 saturated heterocycles. The molecular weight excluding hydrogens is 224 g/mol. The molecule has 0 aliphatic rings. The molecule has 0 fully saturated rings. The highest BCUT2D eigenvalue weighted by Gasteiger charge is 2.02. The van der Waals surface area contributed by atoms with Crippen LogP contribution in [0.2, 0.25) is 0 Å². The minimum Gasteiger partial charge on any atom is -0.497 e. The van der Waals surface area contributed by atoms with Gasteiger partial charge in [0.2, 0.25) is 0 Å². The van der Waals surface area contributed by atoms with Crippen LogP contribution < -0.4 is 15.8 Å². The maximum absolute atomic E-state index is 5.93. The van der Waals surface area contributed by atoms with E-state index in [1.165, 1.54) is 11.1 Å². The van der Waals surface area contributed by atoms with Crippen molar-refractivity contribution in [1.82, 2.24) is 0 Å². The van der Waals surface area contributed by atoms with Gasteiger partial charge in [-0.15, -0.1) is 0 Å². The van der Waals surface area contributed by atoms with Gasteiger partial charge >= 0.3 is 0 Å². The summed E-state index contributed by atoms with van der Waals surface area (Å²) < 4.78 is 5.19. The molecule has 0 saturated carbocycles. The molecule has 2 aromatic carbocycles. The molecule has 0 unspecified atom stereocenters. The van der Waals surface area contributed by atoms with Gasteiger partial charge in [0.25, 0.3) is 0 Å². The second kappa shape index (κ2) is 5.45. The van der Waals surface area contributed by atoms with Crippen molar-refractivity contribution in [3.8, 4) is 5.75 Å². The topological polar surface area (TPSA) is 47.3 Å². The van der Waals surface area contributed by atoms with Gasteiger partial charge in [0.1, 0.15) is 5.75 Å². The molecule has 0 bridgehead atoms. The molecule has 0 amide bonds. The SMILES string of the molecule is COc1ccc(N)c(NCc2ccccc2C)c1. The first-order valence-corrected chi connectivity index (χ1v) is 5.92. The van der Waals surface area contributed by atoms with Crippen LogP contribution in [0, 0.1) is 6.92 Å².